The van der Waals surface area contributed by atoms with Crippen LogP contribution in [-0.4, -0.2) is 14.1 Å². The molecule has 0 aliphatic carbocycles. The van der Waals surface area contributed by atoms with Gasteiger partial charge >= 0.3 is 0 Å². The van der Waals surface area contributed by atoms with Crippen molar-refractivity contribution in [3.63, 3.8) is 0 Å². The van der Waals surface area contributed by atoms with Gasteiger partial charge in [-0.15, -0.1) is 0 Å². The molecule has 2 aromatic carbocycles. The summed E-state index contributed by atoms with van der Waals surface area (Å²) in [6.07, 6.45) is 0. The van der Waals surface area contributed by atoms with E-state index in [4.69, 9.17) is 11.6 Å². The monoisotopic (exact) mass is 386 g/mol. The number of hydrogen-bond acceptors (Lipinski definition) is 2. The number of nitrogens with one attached hydrogen (secondary N) is 1. The van der Waals surface area contributed by atoms with E-state index in [2.05, 4.69) is 57.1 Å². The van der Waals surface area contributed by atoms with Crippen LogP contribution < -0.4 is 10.2 Å². The first-order valence-electron chi connectivity index (χ1n) is 6.01. The lowest BCUT2D eigenvalue weighted by atomic mass is 10.2. The molecule has 100 valence electrons. The zero-order valence-corrected chi connectivity index (χ0v) is 13.9. The summed E-state index contributed by atoms with van der Waals surface area (Å²) in [5, 5.41) is 4.19. The summed E-state index contributed by atoms with van der Waals surface area (Å²) >= 11 is 8.23. The third kappa shape index (κ3) is 4.01. The second-order valence-corrected chi connectivity index (χ2v) is 6.14. The van der Waals surface area contributed by atoms with Crippen LogP contribution in [0.2, 0.25) is 5.02 Å². The van der Waals surface area contributed by atoms with Gasteiger partial charge in [0.2, 0.25) is 0 Å². The van der Waals surface area contributed by atoms with E-state index < -0.39 is 0 Å². The molecule has 19 heavy (non-hydrogen) atoms. The number of rotatable bonds is 4. The van der Waals surface area contributed by atoms with Gasteiger partial charge in [-0.25, -0.2) is 0 Å². The Balaban J connectivity index is 2.02. The molecule has 2 rings (SSSR count). The van der Waals surface area contributed by atoms with Crippen molar-refractivity contribution < 1.29 is 0 Å². The Labute approximate surface area is 132 Å². The maximum Gasteiger partial charge on any atom is 0.0479 e. The lowest BCUT2D eigenvalue weighted by Gasteiger charge is -2.13. The second-order valence-electron chi connectivity index (χ2n) is 4.54. The Hall–Kier alpha value is -0.940. The highest BCUT2D eigenvalue weighted by molar-refractivity contribution is 14.1. The number of nitrogens with zero attached hydrogens (tertiary/aromatic N) is 1. The van der Waals surface area contributed by atoms with E-state index in [-0.39, 0.29) is 0 Å². The van der Waals surface area contributed by atoms with Crippen molar-refractivity contribution >= 4 is 45.6 Å². The molecule has 0 aliphatic rings. The fourth-order valence-corrected chi connectivity index (χ4v) is 2.80. The Morgan fingerprint density at radius 3 is 2.37 bits per heavy atom. The molecule has 0 heterocycles. The van der Waals surface area contributed by atoms with Crippen molar-refractivity contribution in [3.05, 3.63) is 56.6 Å². The molecule has 0 saturated heterocycles. The summed E-state index contributed by atoms with van der Waals surface area (Å²) in [7, 11) is 4.09. The van der Waals surface area contributed by atoms with Crippen LogP contribution in [0.4, 0.5) is 11.4 Å². The van der Waals surface area contributed by atoms with E-state index in [0.29, 0.717) is 0 Å². The van der Waals surface area contributed by atoms with Crippen molar-refractivity contribution in [3.8, 4) is 0 Å². The van der Waals surface area contributed by atoms with Gasteiger partial charge in [0.15, 0.2) is 0 Å². The predicted molar refractivity (Wildman–Crippen MR) is 92.3 cm³/mol. The molecule has 0 aromatic heterocycles. The van der Waals surface area contributed by atoms with E-state index in [1.54, 1.807) is 0 Å². The molecule has 0 spiro atoms. The number of halogens is 2. The largest absolute Gasteiger partial charge is 0.380 e. The summed E-state index contributed by atoms with van der Waals surface area (Å²) in [5.41, 5.74) is 3.59. The molecule has 0 atom stereocenters. The normalized spacial score (nSPS) is 10.3. The maximum absolute atomic E-state index is 5.94. The fraction of sp³-hybridized carbons (Fsp3) is 0.200. The van der Waals surface area contributed by atoms with E-state index in [9.17, 15) is 0 Å². The molecule has 0 amide bonds. The molecule has 1 N–H and O–H groups in total. The van der Waals surface area contributed by atoms with E-state index in [1.807, 2.05) is 32.3 Å². The Morgan fingerprint density at radius 2 is 1.79 bits per heavy atom. The van der Waals surface area contributed by atoms with E-state index in [0.717, 1.165) is 20.8 Å². The standard InChI is InChI=1S/C15H16ClIN2/c1-19(2)13-6-3-11(4-7-13)10-18-15-8-5-12(16)9-14(15)17/h3-9,18H,10H2,1-2H3. The van der Waals surface area contributed by atoms with Gasteiger partial charge in [0.25, 0.3) is 0 Å². The average Bonchev–Trinajstić information content (AvgIpc) is 2.38. The van der Waals surface area contributed by atoms with Crippen molar-refractivity contribution in [2.75, 3.05) is 24.3 Å². The molecule has 0 fully saturated rings. The van der Waals surface area contributed by atoms with Crippen LogP contribution in [0.5, 0.6) is 0 Å². The van der Waals surface area contributed by atoms with Gasteiger partial charge < -0.3 is 10.2 Å². The predicted octanol–water partition coefficient (Wildman–Crippen LogP) is 4.62. The van der Waals surface area contributed by atoms with Gasteiger partial charge in [-0.2, -0.15) is 0 Å². The van der Waals surface area contributed by atoms with Crippen molar-refractivity contribution in [2.24, 2.45) is 0 Å². The van der Waals surface area contributed by atoms with E-state index in [1.165, 1.54) is 11.3 Å². The number of hydrogen-bond donors (Lipinski definition) is 1. The second kappa shape index (κ2) is 6.48. The molecule has 0 saturated carbocycles. The highest BCUT2D eigenvalue weighted by Crippen LogP contribution is 2.23. The minimum atomic E-state index is 0.769. The SMILES string of the molecule is CN(C)c1ccc(CNc2ccc(Cl)cc2I)cc1. The minimum Gasteiger partial charge on any atom is -0.380 e. The Kier molecular flexibility index (Phi) is 4.93. The van der Waals surface area contributed by atoms with Gasteiger partial charge in [0.05, 0.1) is 0 Å². The van der Waals surface area contributed by atoms with Crippen LogP contribution in [0, 0.1) is 3.57 Å². The summed E-state index contributed by atoms with van der Waals surface area (Å²) in [6.45, 7) is 0.811. The lowest BCUT2D eigenvalue weighted by molar-refractivity contribution is 1.11. The Bertz CT molecular complexity index is 553. The molecule has 0 aliphatic heterocycles. The van der Waals surface area contributed by atoms with Gasteiger partial charge in [-0.1, -0.05) is 23.7 Å². The summed E-state index contributed by atoms with van der Waals surface area (Å²) in [6, 6.07) is 14.4. The molecular formula is C15H16ClIN2. The van der Waals surface area contributed by atoms with Gasteiger partial charge in [-0.3, -0.25) is 0 Å². The lowest BCUT2D eigenvalue weighted by Crippen LogP contribution is -2.08. The van der Waals surface area contributed by atoms with Crippen LogP contribution in [-0.2, 0) is 6.54 Å². The third-order valence-electron chi connectivity index (χ3n) is 2.87. The van der Waals surface area contributed by atoms with Crippen LogP contribution >= 0.6 is 34.2 Å². The van der Waals surface area contributed by atoms with Crippen molar-refractivity contribution in [1.29, 1.82) is 0 Å². The highest BCUT2D eigenvalue weighted by atomic mass is 127. The summed E-state index contributed by atoms with van der Waals surface area (Å²) in [5.74, 6) is 0. The van der Waals surface area contributed by atoms with Gasteiger partial charge in [-0.05, 0) is 58.5 Å². The Morgan fingerprint density at radius 1 is 1.11 bits per heavy atom. The first-order chi connectivity index (χ1) is 9.06. The average molecular weight is 387 g/mol. The van der Waals surface area contributed by atoms with Gasteiger partial charge in [0.1, 0.15) is 0 Å². The fourth-order valence-electron chi connectivity index (χ4n) is 1.74. The third-order valence-corrected chi connectivity index (χ3v) is 3.99. The molecule has 0 unspecified atom stereocenters. The maximum atomic E-state index is 5.94. The smallest absolute Gasteiger partial charge is 0.0479 e. The first kappa shape index (κ1) is 14.5. The van der Waals surface area contributed by atoms with Crippen LogP contribution in [0.1, 0.15) is 5.56 Å². The van der Waals surface area contributed by atoms with Crippen LogP contribution in [0.25, 0.3) is 0 Å². The molecular weight excluding hydrogens is 371 g/mol. The summed E-state index contributed by atoms with van der Waals surface area (Å²) < 4.78 is 1.13. The molecule has 4 heteroatoms. The number of anilines is 2. The highest BCUT2D eigenvalue weighted by Gasteiger charge is 2.01. The zero-order valence-electron chi connectivity index (χ0n) is 11.0. The topological polar surface area (TPSA) is 15.3 Å². The quantitative estimate of drug-likeness (QED) is 0.771. The van der Waals surface area contributed by atoms with Crippen molar-refractivity contribution in [1.82, 2.24) is 0 Å². The first-order valence-corrected chi connectivity index (χ1v) is 7.47. The van der Waals surface area contributed by atoms with Crippen LogP contribution in [0.15, 0.2) is 42.5 Å². The zero-order chi connectivity index (χ0) is 13.8. The van der Waals surface area contributed by atoms with Crippen molar-refractivity contribution in [2.45, 2.75) is 6.54 Å². The van der Waals surface area contributed by atoms with Gasteiger partial charge in [0, 0.05) is 40.6 Å². The van der Waals surface area contributed by atoms with Crippen LogP contribution in [0.3, 0.4) is 0 Å². The number of benzene rings is 2. The molecule has 0 bridgehead atoms. The summed E-state index contributed by atoms with van der Waals surface area (Å²) in [4.78, 5) is 2.10. The molecule has 2 aromatic rings. The minimum absolute atomic E-state index is 0.769. The molecule has 0 radical (unpaired) electrons. The van der Waals surface area contributed by atoms with E-state index >= 15 is 0 Å². The molecule has 2 nitrogen and oxygen atoms in total.